The molecule has 0 saturated carbocycles. The fourth-order valence-corrected chi connectivity index (χ4v) is 3.41. The summed E-state index contributed by atoms with van der Waals surface area (Å²) in [5.74, 6) is -0.689. The maximum Gasteiger partial charge on any atom is 0.339 e. The number of para-hydroxylation sites is 1. The summed E-state index contributed by atoms with van der Waals surface area (Å²) in [5, 5.41) is 7.33. The van der Waals surface area contributed by atoms with Gasteiger partial charge in [-0.25, -0.2) is 14.8 Å². The zero-order valence-corrected chi connectivity index (χ0v) is 15.4. The zero-order valence-electron chi connectivity index (χ0n) is 15.4. The molecule has 0 saturated heterocycles. The highest BCUT2D eigenvalue weighted by atomic mass is 16.5. The molecule has 0 radical (unpaired) electrons. The first kappa shape index (κ1) is 17.7. The van der Waals surface area contributed by atoms with Crippen molar-refractivity contribution < 1.29 is 14.3 Å². The van der Waals surface area contributed by atoms with Crippen molar-refractivity contribution in [2.24, 2.45) is 12.8 Å². The molecule has 142 valence electrons. The van der Waals surface area contributed by atoms with Gasteiger partial charge in [-0.15, -0.1) is 0 Å². The number of hydrogen-bond donors (Lipinski definition) is 2. The van der Waals surface area contributed by atoms with Gasteiger partial charge in [0.05, 0.1) is 29.7 Å². The molecule has 3 N–H and O–H groups in total. The molecule has 0 atom stereocenters. The quantitative estimate of drug-likeness (QED) is 0.661. The van der Waals surface area contributed by atoms with E-state index in [4.69, 9.17) is 10.5 Å². The van der Waals surface area contributed by atoms with Gasteiger partial charge in [-0.3, -0.25) is 9.48 Å². The molecule has 2 aromatic heterocycles. The lowest BCUT2D eigenvalue weighted by Crippen LogP contribution is -2.16. The van der Waals surface area contributed by atoms with Crippen LogP contribution >= 0.6 is 0 Å². The van der Waals surface area contributed by atoms with Crippen LogP contribution in [0.1, 0.15) is 32.0 Å². The normalized spacial score (nSPS) is 12.1. The van der Waals surface area contributed by atoms with E-state index in [-0.39, 0.29) is 5.69 Å². The Bertz CT molecular complexity index is 1110. The lowest BCUT2D eigenvalue weighted by atomic mass is 9.93. The average Bonchev–Trinajstić information content (AvgIpc) is 3.05. The summed E-state index contributed by atoms with van der Waals surface area (Å²) in [7, 11) is 3.08. The van der Waals surface area contributed by atoms with Gasteiger partial charge in [0.2, 0.25) is 5.95 Å². The Hall–Kier alpha value is -3.75. The van der Waals surface area contributed by atoms with Crippen molar-refractivity contribution in [3.63, 3.8) is 0 Å². The minimum Gasteiger partial charge on any atom is -0.465 e. The number of ether oxygens (including phenoxy) is 1. The molecule has 1 aliphatic rings. The highest BCUT2D eigenvalue weighted by Gasteiger charge is 2.28. The number of aromatic nitrogens is 4. The van der Waals surface area contributed by atoms with E-state index in [0.29, 0.717) is 35.7 Å². The Labute approximate surface area is 160 Å². The SMILES string of the molecule is COC(=O)c1ccccc1Nc1ncc2c(n1)-c1c(c(C(N)=O)nn1C)CC2. The molecule has 1 aliphatic carbocycles. The molecule has 9 nitrogen and oxygen atoms in total. The second-order valence-electron chi connectivity index (χ2n) is 6.39. The van der Waals surface area contributed by atoms with Crippen LogP contribution in [-0.2, 0) is 24.6 Å². The second kappa shape index (κ2) is 6.76. The molecule has 2 heterocycles. The van der Waals surface area contributed by atoms with Crippen LogP contribution in [0.2, 0.25) is 0 Å². The van der Waals surface area contributed by atoms with E-state index in [0.717, 1.165) is 16.8 Å². The number of anilines is 2. The highest BCUT2D eigenvalue weighted by Crippen LogP contribution is 2.34. The van der Waals surface area contributed by atoms with Crippen LogP contribution in [-0.4, -0.2) is 38.7 Å². The number of benzene rings is 1. The number of nitrogens with one attached hydrogen (secondary N) is 1. The maximum absolute atomic E-state index is 12.0. The molecule has 1 aromatic carbocycles. The van der Waals surface area contributed by atoms with Crippen LogP contribution < -0.4 is 11.1 Å². The number of methoxy groups -OCH3 is 1. The Kier molecular flexibility index (Phi) is 4.26. The van der Waals surface area contributed by atoms with Crippen molar-refractivity contribution >= 4 is 23.5 Å². The lowest BCUT2D eigenvalue weighted by Gasteiger charge is -2.17. The smallest absolute Gasteiger partial charge is 0.339 e. The minimum atomic E-state index is -0.556. The van der Waals surface area contributed by atoms with Crippen LogP contribution in [0.5, 0.6) is 0 Å². The molecule has 1 amide bonds. The Balaban J connectivity index is 1.76. The largest absolute Gasteiger partial charge is 0.465 e. The van der Waals surface area contributed by atoms with E-state index in [1.807, 2.05) is 0 Å². The number of nitrogens with zero attached hydrogens (tertiary/aromatic N) is 4. The van der Waals surface area contributed by atoms with Crippen LogP contribution in [0.4, 0.5) is 11.6 Å². The van der Waals surface area contributed by atoms with Crippen LogP contribution in [0.15, 0.2) is 30.5 Å². The van der Waals surface area contributed by atoms with E-state index in [9.17, 15) is 9.59 Å². The Morgan fingerprint density at radius 3 is 2.79 bits per heavy atom. The molecule has 3 aromatic rings. The standard InChI is InChI=1S/C19H18N6O3/c1-25-16-12(15(24-25)17(20)26)8-7-10-9-21-19(23-14(10)16)22-13-6-4-3-5-11(13)18(27)28-2/h3-6,9H,7-8H2,1-2H3,(H2,20,26)(H,21,22,23). The van der Waals surface area contributed by atoms with Crippen LogP contribution in [0, 0.1) is 0 Å². The molecule has 0 unspecified atom stereocenters. The van der Waals surface area contributed by atoms with Crippen molar-refractivity contribution in [1.82, 2.24) is 19.7 Å². The minimum absolute atomic E-state index is 0.271. The summed E-state index contributed by atoms with van der Waals surface area (Å²) >= 11 is 0. The van der Waals surface area contributed by atoms with Crippen LogP contribution in [0.3, 0.4) is 0 Å². The van der Waals surface area contributed by atoms with E-state index in [2.05, 4.69) is 20.4 Å². The van der Waals surface area contributed by atoms with Gasteiger partial charge < -0.3 is 15.8 Å². The third-order valence-electron chi connectivity index (χ3n) is 4.69. The molecule has 0 aliphatic heterocycles. The molecule has 0 bridgehead atoms. The first-order valence-electron chi connectivity index (χ1n) is 8.66. The van der Waals surface area contributed by atoms with E-state index < -0.39 is 11.9 Å². The number of carbonyl (C=O) groups excluding carboxylic acids is 2. The summed E-state index contributed by atoms with van der Waals surface area (Å²) in [6.07, 6.45) is 3.08. The molecular formula is C19H18N6O3. The first-order valence-corrected chi connectivity index (χ1v) is 8.66. The first-order chi connectivity index (χ1) is 13.5. The Morgan fingerprint density at radius 1 is 1.25 bits per heavy atom. The van der Waals surface area contributed by atoms with Crippen molar-refractivity contribution in [1.29, 1.82) is 0 Å². The van der Waals surface area contributed by atoms with Crippen LogP contribution in [0.25, 0.3) is 11.4 Å². The van der Waals surface area contributed by atoms with Gasteiger partial charge in [0.1, 0.15) is 0 Å². The summed E-state index contributed by atoms with van der Waals surface area (Å²) in [6.45, 7) is 0. The number of fused-ring (bicyclic) bond motifs is 3. The zero-order chi connectivity index (χ0) is 19.8. The summed E-state index contributed by atoms with van der Waals surface area (Å²) in [5.41, 5.74) is 9.84. The number of primary amides is 1. The fourth-order valence-electron chi connectivity index (χ4n) is 3.41. The van der Waals surface area contributed by atoms with Gasteiger partial charge >= 0.3 is 5.97 Å². The topological polar surface area (TPSA) is 125 Å². The predicted octanol–water partition coefficient (Wildman–Crippen LogP) is 1.60. The van der Waals surface area contributed by atoms with Gasteiger partial charge in [0, 0.05) is 18.8 Å². The van der Waals surface area contributed by atoms with Gasteiger partial charge in [-0.05, 0) is 30.5 Å². The van der Waals surface area contributed by atoms with Gasteiger partial charge in [-0.1, -0.05) is 12.1 Å². The number of hydrogen-bond acceptors (Lipinski definition) is 7. The third-order valence-corrected chi connectivity index (χ3v) is 4.69. The Morgan fingerprint density at radius 2 is 2.04 bits per heavy atom. The predicted molar refractivity (Wildman–Crippen MR) is 101 cm³/mol. The number of esters is 1. The van der Waals surface area contributed by atoms with Gasteiger partial charge in [0.25, 0.3) is 5.91 Å². The molecule has 0 spiro atoms. The van der Waals surface area contributed by atoms with Crippen molar-refractivity contribution in [2.75, 3.05) is 12.4 Å². The number of carbonyl (C=O) groups is 2. The van der Waals surface area contributed by atoms with Crippen molar-refractivity contribution in [3.8, 4) is 11.4 Å². The second-order valence-corrected chi connectivity index (χ2v) is 6.39. The maximum atomic E-state index is 12.0. The third kappa shape index (κ3) is 2.86. The molecule has 28 heavy (non-hydrogen) atoms. The number of rotatable bonds is 4. The molecular weight excluding hydrogens is 360 g/mol. The number of amides is 1. The van der Waals surface area contributed by atoms with E-state index >= 15 is 0 Å². The van der Waals surface area contributed by atoms with Crippen molar-refractivity contribution in [2.45, 2.75) is 12.8 Å². The highest BCUT2D eigenvalue weighted by molar-refractivity contribution is 5.96. The van der Waals surface area contributed by atoms with Gasteiger partial charge in [-0.2, -0.15) is 5.10 Å². The van der Waals surface area contributed by atoms with E-state index in [1.54, 1.807) is 42.2 Å². The monoisotopic (exact) mass is 378 g/mol. The lowest BCUT2D eigenvalue weighted by molar-refractivity contribution is 0.0601. The number of nitrogens with two attached hydrogens (primary N) is 1. The fraction of sp³-hybridized carbons (Fsp3) is 0.211. The molecule has 4 rings (SSSR count). The van der Waals surface area contributed by atoms with Gasteiger partial charge in [0.15, 0.2) is 5.69 Å². The van der Waals surface area contributed by atoms with Crippen molar-refractivity contribution in [3.05, 3.63) is 52.8 Å². The summed E-state index contributed by atoms with van der Waals surface area (Å²) < 4.78 is 6.44. The molecule has 9 heteroatoms. The van der Waals surface area contributed by atoms with E-state index in [1.165, 1.54) is 7.11 Å². The molecule has 0 fully saturated rings. The summed E-state index contributed by atoms with van der Waals surface area (Å²) in [6, 6.07) is 6.95. The average molecular weight is 378 g/mol. The summed E-state index contributed by atoms with van der Waals surface area (Å²) in [4.78, 5) is 32.7. The number of aryl methyl sites for hydroxylation is 2.